The smallest absolute Gasteiger partial charge is 0.265 e. The van der Waals surface area contributed by atoms with Crippen molar-refractivity contribution in [3.05, 3.63) is 4.88 Å². The maximum Gasteiger partial charge on any atom is 0.265 e. The Morgan fingerprint density at radius 3 is 2.43 bits per heavy atom. The summed E-state index contributed by atoms with van der Waals surface area (Å²) in [5.74, 6) is 1.34. The molecule has 0 fully saturated rings. The first-order valence-electron chi connectivity index (χ1n) is 7.60. The molecule has 1 heterocycles. The van der Waals surface area contributed by atoms with E-state index >= 15 is 0 Å². The highest BCUT2D eigenvalue weighted by Crippen LogP contribution is 2.25. The van der Waals surface area contributed by atoms with E-state index in [1.54, 1.807) is 0 Å². The molecule has 1 atom stereocenters. The Morgan fingerprint density at radius 2 is 1.86 bits per heavy atom. The van der Waals surface area contributed by atoms with E-state index in [4.69, 9.17) is 5.73 Å². The van der Waals surface area contributed by atoms with Crippen molar-refractivity contribution in [2.24, 2.45) is 11.8 Å². The molecule has 6 heteroatoms. The zero-order chi connectivity index (χ0) is 16.0. The maximum atomic E-state index is 12.2. The standard InChI is InChI=1S/C15H28N4OS/c1-9(2)6-7-11(5)18-14(20)12-13(16)19-15(21-12)17-8-10(3)4/h9-11H,6-8,16H2,1-5H3,(H,17,19)(H,18,20). The van der Waals surface area contributed by atoms with Crippen LogP contribution >= 0.6 is 11.3 Å². The van der Waals surface area contributed by atoms with Crippen molar-refractivity contribution in [3.63, 3.8) is 0 Å². The van der Waals surface area contributed by atoms with Crippen LogP contribution in [0.1, 0.15) is 57.1 Å². The average Bonchev–Trinajstić information content (AvgIpc) is 2.75. The van der Waals surface area contributed by atoms with Crippen LogP contribution < -0.4 is 16.4 Å². The minimum absolute atomic E-state index is 0.126. The van der Waals surface area contributed by atoms with E-state index in [1.807, 2.05) is 6.92 Å². The Labute approximate surface area is 131 Å². The molecule has 1 amide bonds. The summed E-state index contributed by atoms with van der Waals surface area (Å²) in [6, 6.07) is 0.147. The first-order chi connectivity index (χ1) is 9.79. The number of nitrogens with zero attached hydrogens (tertiary/aromatic N) is 1. The van der Waals surface area contributed by atoms with Crippen LogP contribution in [0.15, 0.2) is 0 Å². The molecule has 1 unspecified atom stereocenters. The third-order valence-corrected chi connectivity index (χ3v) is 4.10. The SMILES string of the molecule is CC(C)CCC(C)NC(=O)c1sc(NCC(C)C)nc1N. The highest BCUT2D eigenvalue weighted by atomic mass is 32.1. The van der Waals surface area contributed by atoms with Gasteiger partial charge < -0.3 is 16.4 Å². The zero-order valence-electron chi connectivity index (χ0n) is 13.7. The number of hydrogen-bond acceptors (Lipinski definition) is 5. The molecule has 4 N–H and O–H groups in total. The Bertz CT molecular complexity index is 457. The number of thiazole rings is 1. The number of anilines is 2. The van der Waals surface area contributed by atoms with Crippen LogP contribution in [0.25, 0.3) is 0 Å². The van der Waals surface area contributed by atoms with Gasteiger partial charge in [-0.2, -0.15) is 0 Å². The van der Waals surface area contributed by atoms with Crippen molar-refractivity contribution in [1.29, 1.82) is 0 Å². The first kappa shape index (κ1) is 17.8. The van der Waals surface area contributed by atoms with Gasteiger partial charge in [0.2, 0.25) is 0 Å². The lowest BCUT2D eigenvalue weighted by Crippen LogP contribution is -2.32. The molecule has 1 rings (SSSR count). The van der Waals surface area contributed by atoms with Crippen molar-refractivity contribution in [2.45, 2.75) is 53.5 Å². The number of hydrogen-bond donors (Lipinski definition) is 3. The third-order valence-electron chi connectivity index (χ3n) is 3.08. The van der Waals surface area contributed by atoms with Crippen LogP contribution in [0, 0.1) is 11.8 Å². The molecule has 120 valence electrons. The lowest BCUT2D eigenvalue weighted by atomic mass is 10.0. The molecule has 0 aliphatic heterocycles. The van der Waals surface area contributed by atoms with Gasteiger partial charge >= 0.3 is 0 Å². The zero-order valence-corrected chi connectivity index (χ0v) is 14.5. The summed E-state index contributed by atoms with van der Waals surface area (Å²) >= 11 is 1.32. The number of carbonyl (C=O) groups excluding carboxylic acids is 1. The second-order valence-electron chi connectivity index (χ2n) is 6.35. The van der Waals surface area contributed by atoms with Crippen molar-refractivity contribution in [2.75, 3.05) is 17.6 Å². The highest BCUT2D eigenvalue weighted by molar-refractivity contribution is 7.18. The van der Waals surface area contributed by atoms with Crippen LogP contribution in [0.4, 0.5) is 10.9 Å². The Kier molecular flexibility index (Phi) is 6.95. The Hall–Kier alpha value is -1.30. The van der Waals surface area contributed by atoms with Gasteiger partial charge in [-0.15, -0.1) is 0 Å². The van der Waals surface area contributed by atoms with Crippen molar-refractivity contribution in [3.8, 4) is 0 Å². The van der Waals surface area contributed by atoms with E-state index in [-0.39, 0.29) is 11.9 Å². The molecule has 5 nitrogen and oxygen atoms in total. The molecule has 0 aliphatic rings. The largest absolute Gasteiger partial charge is 0.382 e. The van der Waals surface area contributed by atoms with Crippen LogP contribution in [0.5, 0.6) is 0 Å². The van der Waals surface area contributed by atoms with E-state index in [0.717, 1.165) is 19.4 Å². The van der Waals surface area contributed by atoms with Gasteiger partial charge in [0.05, 0.1) is 0 Å². The van der Waals surface area contributed by atoms with Crippen LogP contribution in [-0.2, 0) is 0 Å². The van der Waals surface area contributed by atoms with Gasteiger partial charge in [0, 0.05) is 12.6 Å². The van der Waals surface area contributed by atoms with Crippen LogP contribution in [0.3, 0.4) is 0 Å². The lowest BCUT2D eigenvalue weighted by molar-refractivity contribution is 0.0942. The molecule has 1 aromatic rings. The summed E-state index contributed by atoms with van der Waals surface area (Å²) in [5, 5.41) is 6.90. The molecule has 0 bridgehead atoms. The van der Waals surface area contributed by atoms with E-state index in [0.29, 0.717) is 27.7 Å². The van der Waals surface area contributed by atoms with Crippen LogP contribution in [0.2, 0.25) is 0 Å². The van der Waals surface area contributed by atoms with Gasteiger partial charge in [-0.1, -0.05) is 39.0 Å². The van der Waals surface area contributed by atoms with Gasteiger partial charge in [0.25, 0.3) is 5.91 Å². The molecule has 0 aliphatic carbocycles. The average molecular weight is 312 g/mol. The number of nitrogens with one attached hydrogen (secondary N) is 2. The molecule has 0 aromatic carbocycles. The minimum atomic E-state index is -0.126. The molecule has 21 heavy (non-hydrogen) atoms. The number of nitrogen functional groups attached to an aromatic ring is 1. The molecule has 0 radical (unpaired) electrons. The Balaban J connectivity index is 2.57. The molecule has 0 saturated heterocycles. The molecular weight excluding hydrogens is 284 g/mol. The molecular formula is C15H28N4OS. The number of carbonyl (C=O) groups is 1. The van der Waals surface area contributed by atoms with Gasteiger partial charge in [0.1, 0.15) is 10.7 Å². The summed E-state index contributed by atoms with van der Waals surface area (Å²) in [4.78, 5) is 16.9. The number of rotatable bonds is 8. The number of aromatic nitrogens is 1. The highest BCUT2D eigenvalue weighted by Gasteiger charge is 2.18. The van der Waals surface area contributed by atoms with Crippen LogP contribution in [-0.4, -0.2) is 23.5 Å². The summed E-state index contributed by atoms with van der Waals surface area (Å²) in [5.41, 5.74) is 5.85. The molecule has 0 saturated carbocycles. The van der Waals surface area contributed by atoms with E-state index in [1.165, 1.54) is 11.3 Å². The van der Waals surface area contributed by atoms with Gasteiger partial charge in [-0.25, -0.2) is 4.98 Å². The van der Waals surface area contributed by atoms with Crippen molar-refractivity contribution >= 4 is 28.2 Å². The maximum absolute atomic E-state index is 12.2. The number of amides is 1. The van der Waals surface area contributed by atoms with Gasteiger partial charge in [-0.3, -0.25) is 4.79 Å². The monoisotopic (exact) mass is 312 g/mol. The minimum Gasteiger partial charge on any atom is -0.382 e. The fourth-order valence-corrected chi connectivity index (χ4v) is 2.60. The van der Waals surface area contributed by atoms with Gasteiger partial charge in [0.15, 0.2) is 5.13 Å². The third kappa shape index (κ3) is 6.33. The summed E-state index contributed by atoms with van der Waals surface area (Å²) < 4.78 is 0. The number of nitrogens with two attached hydrogens (primary N) is 1. The van der Waals surface area contributed by atoms with Gasteiger partial charge in [-0.05, 0) is 31.6 Å². The second kappa shape index (κ2) is 8.22. The van der Waals surface area contributed by atoms with E-state index < -0.39 is 0 Å². The topological polar surface area (TPSA) is 80.0 Å². The summed E-state index contributed by atoms with van der Waals surface area (Å²) in [7, 11) is 0. The summed E-state index contributed by atoms with van der Waals surface area (Å²) in [6.07, 6.45) is 2.07. The quantitative estimate of drug-likeness (QED) is 0.687. The van der Waals surface area contributed by atoms with Crippen molar-refractivity contribution < 1.29 is 4.79 Å². The van der Waals surface area contributed by atoms with Crippen molar-refractivity contribution in [1.82, 2.24) is 10.3 Å². The molecule has 0 spiro atoms. The van der Waals surface area contributed by atoms with E-state index in [2.05, 4.69) is 43.3 Å². The lowest BCUT2D eigenvalue weighted by Gasteiger charge is -2.14. The summed E-state index contributed by atoms with van der Waals surface area (Å²) in [6.45, 7) is 11.4. The fraction of sp³-hybridized carbons (Fsp3) is 0.733. The first-order valence-corrected chi connectivity index (χ1v) is 8.42. The predicted octanol–water partition coefficient (Wildman–Crippen LogP) is 3.35. The van der Waals surface area contributed by atoms with E-state index in [9.17, 15) is 4.79 Å². The second-order valence-corrected chi connectivity index (χ2v) is 7.35. The molecule has 1 aromatic heterocycles. The predicted molar refractivity (Wildman–Crippen MR) is 90.9 cm³/mol. The Morgan fingerprint density at radius 1 is 1.19 bits per heavy atom. The normalized spacial score (nSPS) is 12.7. The fourth-order valence-electron chi connectivity index (χ4n) is 1.81.